The smallest absolute Gasteiger partial charge is 0.214 e. The van der Waals surface area contributed by atoms with E-state index in [1.165, 1.54) is 6.07 Å². The largest absolute Gasteiger partial charge is 0.351 e. The Morgan fingerprint density at radius 3 is 3.14 bits per heavy atom. The van der Waals surface area contributed by atoms with Crippen LogP contribution in [0, 0.1) is 5.95 Å². The molecule has 0 radical (unpaired) electrons. The van der Waals surface area contributed by atoms with E-state index in [9.17, 15) is 4.39 Å². The van der Waals surface area contributed by atoms with Gasteiger partial charge in [0.05, 0.1) is 0 Å². The molecule has 0 aliphatic carbocycles. The molecule has 0 aromatic carbocycles. The lowest BCUT2D eigenvalue weighted by molar-refractivity contribution is 0.491. The van der Waals surface area contributed by atoms with Crippen LogP contribution in [0.1, 0.15) is 6.92 Å². The van der Waals surface area contributed by atoms with E-state index >= 15 is 0 Å². The summed E-state index contributed by atoms with van der Waals surface area (Å²) in [7, 11) is 0. The molecule has 0 amide bonds. The first-order chi connectivity index (χ1) is 6.77. The normalized spacial score (nSPS) is 22.4. The van der Waals surface area contributed by atoms with E-state index in [0.717, 1.165) is 25.5 Å². The van der Waals surface area contributed by atoms with Crippen LogP contribution in [0.5, 0.6) is 0 Å². The Morgan fingerprint density at radius 1 is 1.57 bits per heavy atom. The number of nitrogens with one attached hydrogen (secondary N) is 1. The van der Waals surface area contributed by atoms with Crippen LogP contribution in [-0.2, 0) is 0 Å². The van der Waals surface area contributed by atoms with Crippen molar-refractivity contribution in [3.8, 4) is 0 Å². The molecule has 1 fully saturated rings. The van der Waals surface area contributed by atoms with E-state index in [1.807, 2.05) is 6.07 Å². The van der Waals surface area contributed by atoms with Crippen molar-refractivity contribution in [2.24, 2.45) is 0 Å². The van der Waals surface area contributed by atoms with Crippen molar-refractivity contribution >= 4 is 5.82 Å². The first-order valence-electron chi connectivity index (χ1n) is 4.87. The second-order valence-corrected chi connectivity index (χ2v) is 3.57. The van der Waals surface area contributed by atoms with Gasteiger partial charge in [-0.05, 0) is 19.1 Å². The Kier molecular flexibility index (Phi) is 2.63. The molecule has 76 valence electrons. The highest BCUT2D eigenvalue weighted by atomic mass is 19.1. The lowest BCUT2D eigenvalue weighted by atomic mass is 10.2. The van der Waals surface area contributed by atoms with Gasteiger partial charge in [-0.15, -0.1) is 0 Å². The van der Waals surface area contributed by atoms with Crippen molar-refractivity contribution in [1.82, 2.24) is 10.3 Å². The Labute approximate surface area is 82.9 Å². The van der Waals surface area contributed by atoms with Gasteiger partial charge in [-0.25, -0.2) is 4.98 Å². The predicted molar refractivity (Wildman–Crippen MR) is 53.9 cm³/mol. The second-order valence-electron chi connectivity index (χ2n) is 3.57. The molecule has 4 heteroatoms. The quantitative estimate of drug-likeness (QED) is 0.678. The molecule has 1 aromatic heterocycles. The van der Waals surface area contributed by atoms with Gasteiger partial charge in [-0.1, -0.05) is 6.07 Å². The lowest BCUT2D eigenvalue weighted by Gasteiger charge is -2.34. The highest BCUT2D eigenvalue weighted by molar-refractivity contribution is 5.39. The zero-order valence-corrected chi connectivity index (χ0v) is 8.20. The Morgan fingerprint density at radius 2 is 2.43 bits per heavy atom. The maximum Gasteiger partial charge on any atom is 0.214 e. The van der Waals surface area contributed by atoms with Crippen LogP contribution < -0.4 is 10.2 Å². The number of piperazine rings is 1. The van der Waals surface area contributed by atoms with Gasteiger partial charge in [0.15, 0.2) is 0 Å². The van der Waals surface area contributed by atoms with Gasteiger partial charge in [0.25, 0.3) is 0 Å². The fourth-order valence-electron chi connectivity index (χ4n) is 1.74. The van der Waals surface area contributed by atoms with Crippen LogP contribution in [0.3, 0.4) is 0 Å². The van der Waals surface area contributed by atoms with Crippen LogP contribution in [0.25, 0.3) is 0 Å². The lowest BCUT2D eigenvalue weighted by Crippen LogP contribution is -2.50. The summed E-state index contributed by atoms with van der Waals surface area (Å²) < 4.78 is 12.9. The van der Waals surface area contributed by atoms with E-state index in [2.05, 4.69) is 22.1 Å². The monoisotopic (exact) mass is 195 g/mol. The minimum Gasteiger partial charge on any atom is -0.351 e. The molecule has 1 N–H and O–H groups in total. The van der Waals surface area contributed by atoms with Crippen molar-refractivity contribution in [3.63, 3.8) is 0 Å². The molecule has 1 atom stereocenters. The van der Waals surface area contributed by atoms with Crippen molar-refractivity contribution in [2.45, 2.75) is 13.0 Å². The average Bonchev–Trinajstić information content (AvgIpc) is 2.18. The third kappa shape index (κ3) is 1.85. The molecular weight excluding hydrogens is 181 g/mol. The number of halogens is 1. The summed E-state index contributed by atoms with van der Waals surface area (Å²) in [5.41, 5.74) is 0. The molecule has 2 rings (SSSR count). The van der Waals surface area contributed by atoms with Gasteiger partial charge in [0, 0.05) is 25.7 Å². The van der Waals surface area contributed by atoms with Gasteiger partial charge in [0.2, 0.25) is 5.95 Å². The average molecular weight is 195 g/mol. The molecule has 14 heavy (non-hydrogen) atoms. The van der Waals surface area contributed by atoms with E-state index in [0.29, 0.717) is 6.04 Å². The molecule has 1 unspecified atom stereocenters. The van der Waals surface area contributed by atoms with Crippen molar-refractivity contribution in [3.05, 3.63) is 24.1 Å². The number of pyridine rings is 1. The van der Waals surface area contributed by atoms with E-state index < -0.39 is 5.95 Å². The topological polar surface area (TPSA) is 28.2 Å². The molecule has 0 spiro atoms. The third-order valence-electron chi connectivity index (χ3n) is 2.50. The van der Waals surface area contributed by atoms with Gasteiger partial charge >= 0.3 is 0 Å². The Balaban J connectivity index is 2.20. The summed E-state index contributed by atoms with van der Waals surface area (Å²) in [5, 5.41) is 3.29. The maximum atomic E-state index is 12.9. The zero-order chi connectivity index (χ0) is 9.97. The molecule has 1 aliphatic rings. The van der Waals surface area contributed by atoms with Crippen LogP contribution >= 0.6 is 0 Å². The third-order valence-corrected chi connectivity index (χ3v) is 2.50. The predicted octanol–water partition coefficient (Wildman–Crippen LogP) is 1.02. The molecule has 0 bridgehead atoms. The SMILES string of the molecule is CC1CNCCN1c1cccc(F)n1. The van der Waals surface area contributed by atoms with Gasteiger partial charge in [-0.2, -0.15) is 4.39 Å². The van der Waals surface area contributed by atoms with Crippen LogP contribution in [0.4, 0.5) is 10.2 Å². The minimum absolute atomic E-state index is 0.373. The zero-order valence-electron chi connectivity index (χ0n) is 8.20. The van der Waals surface area contributed by atoms with Gasteiger partial charge in [-0.3, -0.25) is 0 Å². The molecule has 1 aliphatic heterocycles. The summed E-state index contributed by atoms with van der Waals surface area (Å²) in [6.45, 7) is 4.86. The summed E-state index contributed by atoms with van der Waals surface area (Å²) in [5.74, 6) is 0.326. The maximum absolute atomic E-state index is 12.9. The minimum atomic E-state index is -0.409. The molecule has 2 heterocycles. The van der Waals surface area contributed by atoms with Crippen LogP contribution in [0.15, 0.2) is 18.2 Å². The Hall–Kier alpha value is -1.16. The van der Waals surface area contributed by atoms with Crippen molar-refractivity contribution in [1.29, 1.82) is 0 Å². The fraction of sp³-hybridized carbons (Fsp3) is 0.500. The van der Waals surface area contributed by atoms with Crippen molar-refractivity contribution < 1.29 is 4.39 Å². The Bertz CT molecular complexity index is 316. The molecule has 1 saturated heterocycles. The number of nitrogens with zero attached hydrogens (tertiary/aromatic N) is 2. The molecule has 3 nitrogen and oxygen atoms in total. The number of hydrogen-bond acceptors (Lipinski definition) is 3. The number of hydrogen-bond donors (Lipinski definition) is 1. The van der Waals surface area contributed by atoms with Crippen LogP contribution in [0.2, 0.25) is 0 Å². The number of aromatic nitrogens is 1. The first kappa shape index (κ1) is 9.40. The summed E-state index contributed by atoms with van der Waals surface area (Å²) in [6.07, 6.45) is 0. The van der Waals surface area contributed by atoms with E-state index in [-0.39, 0.29) is 0 Å². The number of anilines is 1. The fourth-order valence-corrected chi connectivity index (χ4v) is 1.74. The second kappa shape index (κ2) is 3.92. The van der Waals surface area contributed by atoms with Crippen molar-refractivity contribution in [2.75, 3.05) is 24.5 Å². The highest BCUT2D eigenvalue weighted by Crippen LogP contribution is 2.15. The molecule has 0 saturated carbocycles. The molecular formula is C10H14FN3. The first-order valence-corrected chi connectivity index (χ1v) is 4.87. The standard InChI is InChI=1S/C10H14FN3/c1-8-7-12-5-6-14(8)10-4-2-3-9(11)13-10/h2-4,8,12H,5-7H2,1H3. The summed E-state index contributed by atoms with van der Waals surface area (Å²) >= 11 is 0. The van der Waals surface area contributed by atoms with Gasteiger partial charge in [0.1, 0.15) is 5.82 Å². The van der Waals surface area contributed by atoms with E-state index in [4.69, 9.17) is 0 Å². The molecule has 1 aromatic rings. The van der Waals surface area contributed by atoms with E-state index in [1.54, 1.807) is 6.07 Å². The van der Waals surface area contributed by atoms with Gasteiger partial charge < -0.3 is 10.2 Å². The van der Waals surface area contributed by atoms with Crippen LogP contribution in [-0.4, -0.2) is 30.7 Å². The summed E-state index contributed by atoms with van der Waals surface area (Å²) in [4.78, 5) is 6.00. The highest BCUT2D eigenvalue weighted by Gasteiger charge is 2.19. The summed E-state index contributed by atoms with van der Waals surface area (Å²) in [6, 6.07) is 5.30. The number of rotatable bonds is 1.